The van der Waals surface area contributed by atoms with Crippen LogP contribution in [0.3, 0.4) is 0 Å². The van der Waals surface area contributed by atoms with E-state index in [1.165, 1.54) is 23.1 Å². The molecule has 0 aromatic heterocycles. The third kappa shape index (κ3) is 5.29. The zero-order chi connectivity index (χ0) is 23.5. The first-order valence-corrected chi connectivity index (χ1v) is 12.0. The Morgan fingerprint density at radius 2 is 1.64 bits per heavy atom. The molecule has 3 amide bonds. The van der Waals surface area contributed by atoms with Crippen molar-refractivity contribution in [2.24, 2.45) is 0 Å². The normalized spacial score (nSPS) is 17.9. The zero-order valence-electron chi connectivity index (χ0n) is 18.1. The molecule has 2 heterocycles. The lowest BCUT2D eigenvalue weighted by Crippen LogP contribution is -2.54. The Morgan fingerprint density at radius 3 is 2.33 bits per heavy atom. The number of piperidine rings is 1. The minimum Gasteiger partial charge on any atom is -0.327 e. The van der Waals surface area contributed by atoms with Crippen molar-refractivity contribution in [3.8, 4) is 0 Å². The number of benzene rings is 2. The molecule has 2 fully saturated rings. The Labute approximate surface area is 195 Å². The molecule has 9 heteroatoms. The highest BCUT2D eigenvalue weighted by Gasteiger charge is 2.46. The van der Waals surface area contributed by atoms with Gasteiger partial charge in [-0.2, -0.15) is 13.2 Å². The number of nitrogens with one attached hydrogen (secondary N) is 1. The van der Waals surface area contributed by atoms with Crippen LogP contribution in [0.1, 0.15) is 30.4 Å². The number of carbonyl (C=O) groups is 2. The monoisotopic (exact) mass is 477 g/mol. The Morgan fingerprint density at radius 1 is 0.970 bits per heavy atom. The second-order valence-electron chi connectivity index (χ2n) is 8.29. The second kappa shape index (κ2) is 9.67. The van der Waals surface area contributed by atoms with Gasteiger partial charge in [0.1, 0.15) is 0 Å². The summed E-state index contributed by atoms with van der Waals surface area (Å²) in [4.78, 5) is 28.8. The topological polar surface area (TPSA) is 52.7 Å². The average Bonchev–Trinajstić information content (AvgIpc) is 3.21. The Bertz CT molecular complexity index is 992. The number of hydrogen-bond donors (Lipinski definition) is 1. The van der Waals surface area contributed by atoms with Gasteiger partial charge in [0.15, 0.2) is 0 Å². The van der Waals surface area contributed by atoms with Crippen LogP contribution in [0.2, 0.25) is 0 Å². The number of thioether (sulfide) groups is 1. The minimum atomic E-state index is -4.54. The third-order valence-electron chi connectivity index (χ3n) is 6.25. The van der Waals surface area contributed by atoms with Crippen LogP contribution in [-0.2, 0) is 17.4 Å². The number of urea groups is 1. The fraction of sp³-hybridized carbons (Fsp3) is 0.417. The first kappa shape index (κ1) is 23.5. The number of hydrogen-bond acceptors (Lipinski definition) is 3. The number of likely N-dealkylation sites (tertiary alicyclic amines) is 1. The number of anilines is 1. The van der Waals surface area contributed by atoms with E-state index in [0.717, 1.165) is 17.4 Å². The van der Waals surface area contributed by atoms with Gasteiger partial charge < -0.3 is 15.1 Å². The Balaban J connectivity index is 1.35. The maximum absolute atomic E-state index is 13.2. The molecule has 176 valence electrons. The quantitative estimate of drug-likeness (QED) is 0.656. The van der Waals surface area contributed by atoms with Gasteiger partial charge in [-0.25, -0.2) is 4.79 Å². The smallest absolute Gasteiger partial charge is 0.327 e. The highest BCUT2D eigenvalue weighted by atomic mass is 32.2. The van der Waals surface area contributed by atoms with E-state index in [-0.39, 0.29) is 16.5 Å². The summed E-state index contributed by atoms with van der Waals surface area (Å²) in [6.07, 6.45) is -2.22. The van der Waals surface area contributed by atoms with E-state index >= 15 is 0 Å². The summed E-state index contributed by atoms with van der Waals surface area (Å²) in [6.45, 7) is 1.45. The molecule has 33 heavy (non-hydrogen) atoms. The molecule has 0 radical (unpaired) electrons. The van der Waals surface area contributed by atoms with Crippen LogP contribution >= 0.6 is 11.8 Å². The number of halogens is 3. The number of alkyl halides is 3. The van der Waals surface area contributed by atoms with Crippen molar-refractivity contribution < 1.29 is 22.8 Å². The van der Waals surface area contributed by atoms with Gasteiger partial charge in [0, 0.05) is 31.8 Å². The van der Waals surface area contributed by atoms with Gasteiger partial charge in [-0.3, -0.25) is 4.79 Å². The summed E-state index contributed by atoms with van der Waals surface area (Å²) >= 11 is 1.75. The number of aryl methyl sites for hydroxylation is 1. The average molecular weight is 478 g/mol. The van der Waals surface area contributed by atoms with E-state index in [2.05, 4.69) is 5.32 Å². The molecular weight excluding hydrogens is 451 g/mol. The van der Waals surface area contributed by atoms with Crippen LogP contribution in [0.5, 0.6) is 0 Å². The van der Waals surface area contributed by atoms with Gasteiger partial charge in [0.05, 0.1) is 16.1 Å². The summed E-state index contributed by atoms with van der Waals surface area (Å²) in [5, 5.41) is 2.42. The molecule has 2 aromatic rings. The summed E-state index contributed by atoms with van der Waals surface area (Å²) < 4.78 is 39.7. The van der Waals surface area contributed by atoms with Gasteiger partial charge in [0.2, 0.25) is 5.91 Å². The van der Waals surface area contributed by atoms with Crippen LogP contribution in [0.15, 0.2) is 54.6 Å². The summed E-state index contributed by atoms with van der Waals surface area (Å²) in [7, 11) is 0. The molecule has 0 aliphatic carbocycles. The lowest BCUT2D eigenvalue weighted by molar-refractivity contribution is -0.137. The van der Waals surface area contributed by atoms with E-state index in [1.54, 1.807) is 11.8 Å². The molecule has 1 spiro atoms. The lowest BCUT2D eigenvalue weighted by Gasteiger charge is -2.44. The zero-order valence-corrected chi connectivity index (χ0v) is 18.9. The second-order valence-corrected chi connectivity index (χ2v) is 9.74. The predicted octanol–water partition coefficient (Wildman–Crippen LogP) is 5.24. The van der Waals surface area contributed by atoms with Crippen LogP contribution in [0.4, 0.5) is 23.7 Å². The first-order valence-electron chi connectivity index (χ1n) is 11.0. The highest BCUT2D eigenvalue weighted by molar-refractivity contribution is 8.00. The van der Waals surface area contributed by atoms with E-state index in [1.807, 2.05) is 35.2 Å². The Hall–Kier alpha value is -2.68. The number of nitrogens with zero attached hydrogens (tertiary/aromatic N) is 2. The van der Waals surface area contributed by atoms with Crippen molar-refractivity contribution in [3.63, 3.8) is 0 Å². The molecule has 0 unspecified atom stereocenters. The molecule has 2 saturated heterocycles. The highest BCUT2D eigenvalue weighted by Crippen LogP contribution is 2.44. The third-order valence-corrected chi connectivity index (χ3v) is 7.81. The van der Waals surface area contributed by atoms with E-state index in [4.69, 9.17) is 0 Å². The van der Waals surface area contributed by atoms with Crippen molar-refractivity contribution in [2.75, 3.05) is 30.7 Å². The minimum absolute atomic E-state index is 0.112. The molecule has 2 aliphatic rings. The molecule has 0 atom stereocenters. The summed E-state index contributed by atoms with van der Waals surface area (Å²) in [6, 6.07) is 14.3. The number of para-hydroxylation sites is 1. The van der Waals surface area contributed by atoms with Gasteiger partial charge in [-0.1, -0.05) is 42.5 Å². The maximum atomic E-state index is 13.2. The van der Waals surface area contributed by atoms with Crippen molar-refractivity contribution in [3.05, 3.63) is 65.7 Å². The first-order chi connectivity index (χ1) is 15.8. The van der Waals surface area contributed by atoms with Gasteiger partial charge in [0.25, 0.3) is 0 Å². The summed E-state index contributed by atoms with van der Waals surface area (Å²) in [5.41, 5.74) is 0.00832. The molecule has 4 rings (SSSR count). The van der Waals surface area contributed by atoms with E-state index in [0.29, 0.717) is 45.3 Å². The van der Waals surface area contributed by atoms with Crippen LogP contribution < -0.4 is 5.32 Å². The molecule has 0 saturated carbocycles. The largest absolute Gasteiger partial charge is 0.418 e. The molecule has 5 nitrogen and oxygen atoms in total. The van der Waals surface area contributed by atoms with Crippen molar-refractivity contribution >= 4 is 29.4 Å². The fourth-order valence-electron chi connectivity index (χ4n) is 4.50. The van der Waals surface area contributed by atoms with Crippen LogP contribution in [0, 0.1) is 0 Å². The number of rotatable bonds is 4. The number of amides is 3. The van der Waals surface area contributed by atoms with Crippen molar-refractivity contribution in [2.45, 2.75) is 36.7 Å². The van der Waals surface area contributed by atoms with E-state index in [9.17, 15) is 22.8 Å². The predicted molar refractivity (Wildman–Crippen MR) is 123 cm³/mol. The van der Waals surface area contributed by atoms with E-state index < -0.39 is 17.8 Å². The van der Waals surface area contributed by atoms with Crippen LogP contribution in [-0.4, -0.2) is 52.0 Å². The summed E-state index contributed by atoms with van der Waals surface area (Å²) in [5.74, 6) is 0.961. The van der Waals surface area contributed by atoms with Gasteiger partial charge >= 0.3 is 12.2 Å². The maximum Gasteiger partial charge on any atom is 0.418 e. The van der Waals surface area contributed by atoms with Crippen molar-refractivity contribution in [1.82, 2.24) is 9.80 Å². The Kier molecular flexibility index (Phi) is 6.88. The van der Waals surface area contributed by atoms with Gasteiger partial charge in [-0.15, -0.1) is 11.8 Å². The SMILES string of the molecule is O=C(Nc1ccccc1C(F)(F)F)N1CCC2(CC1)SCCN2C(=O)CCc1ccccc1. The lowest BCUT2D eigenvalue weighted by atomic mass is 10.0. The standard InChI is InChI=1S/C24H26F3N3O2S/c25-24(26,27)19-8-4-5-9-20(19)28-22(32)29-14-12-23(13-15-29)30(16-17-33-23)21(31)11-10-18-6-2-1-3-7-18/h1-9H,10-17H2,(H,28,32). The molecule has 0 bridgehead atoms. The molecule has 2 aromatic carbocycles. The molecule has 2 aliphatic heterocycles. The molecule has 1 N–H and O–H groups in total. The van der Waals surface area contributed by atoms with Crippen LogP contribution in [0.25, 0.3) is 0 Å². The molecular formula is C24H26F3N3O2S. The number of carbonyl (C=O) groups excluding carboxylic acids is 2. The fourth-order valence-corrected chi connectivity index (χ4v) is 5.97. The van der Waals surface area contributed by atoms with Crippen molar-refractivity contribution in [1.29, 1.82) is 0 Å². The van der Waals surface area contributed by atoms with Gasteiger partial charge in [-0.05, 0) is 37.0 Å².